The van der Waals surface area contributed by atoms with Crippen LogP contribution in [0, 0.1) is 0 Å². The highest BCUT2D eigenvalue weighted by Gasteiger charge is 2.00. The lowest BCUT2D eigenvalue weighted by Gasteiger charge is -2.04. The predicted octanol–water partition coefficient (Wildman–Crippen LogP) is -0.388. The van der Waals surface area contributed by atoms with Gasteiger partial charge in [0, 0.05) is 12.4 Å². The third-order valence-corrected chi connectivity index (χ3v) is 0.952. The first kappa shape index (κ1) is 9.38. The van der Waals surface area contributed by atoms with E-state index in [1.807, 2.05) is 0 Å². The molecular formula is C6H9N3O2. The fourth-order valence-electron chi connectivity index (χ4n) is 0.524. The fraction of sp³-hybridized carbons (Fsp3) is 0. The minimum atomic E-state index is -0.587. The molecule has 0 radical (unpaired) electrons. The van der Waals surface area contributed by atoms with E-state index in [0.717, 1.165) is 5.01 Å². The molecule has 60 valence electrons. The molecule has 0 aromatic rings. The van der Waals surface area contributed by atoms with Crippen LogP contribution in [0.1, 0.15) is 0 Å². The second kappa shape index (κ2) is 4.24. The van der Waals surface area contributed by atoms with Gasteiger partial charge in [-0.2, -0.15) is 10.1 Å². The molecular weight excluding hydrogens is 146 g/mol. The lowest BCUT2D eigenvalue weighted by atomic mass is 10.5. The van der Waals surface area contributed by atoms with E-state index in [0.29, 0.717) is 0 Å². The van der Waals surface area contributed by atoms with Crippen molar-refractivity contribution in [2.75, 3.05) is 0 Å². The summed E-state index contributed by atoms with van der Waals surface area (Å²) in [6.07, 6.45) is 8.12. The molecule has 1 heterocycles. The summed E-state index contributed by atoms with van der Waals surface area (Å²) < 4.78 is 0. The number of hydrogen-bond acceptors (Lipinski definition) is 2. The van der Waals surface area contributed by atoms with Crippen LogP contribution < -0.4 is 5.73 Å². The van der Waals surface area contributed by atoms with E-state index < -0.39 is 6.03 Å². The van der Waals surface area contributed by atoms with Crippen LogP contribution in [0.2, 0.25) is 0 Å². The molecule has 0 atom stereocenters. The second-order valence-corrected chi connectivity index (χ2v) is 1.67. The van der Waals surface area contributed by atoms with Crippen molar-refractivity contribution in [3.63, 3.8) is 0 Å². The first-order valence-electron chi connectivity index (χ1n) is 2.77. The van der Waals surface area contributed by atoms with E-state index in [1.165, 1.54) is 12.4 Å². The molecule has 5 heteroatoms. The highest BCUT2D eigenvalue weighted by atomic mass is 16.2. The van der Waals surface area contributed by atoms with E-state index in [-0.39, 0.29) is 5.48 Å². The Morgan fingerprint density at radius 1 is 1.36 bits per heavy atom. The van der Waals surface area contributed by atoms with Gasteiger partial charge in [-0.1, -0.05) is 6.08 Å². The lowest BCUT2D eigenvalue weighted by Crippen LogP contribution is -2.26. The Morgan fingerprint density at radius 3 is 2.73 bits per heavy atom. The third-order valence-electron chi connectivity index (χ3n) is 0.952. The largest absolute Gasteiger partial charge is 0.412 e. The Morgan fingerprint density at radius 2 is 2.09 bits per heavy atom. The van der Waals surface area contributed by atoms with Gasteiger partial charge in [-0.05, 0) is 12.2 Å². The number of primary amides is 1. The van der Waals surface area contributed by atoms with Crippen LogP contribution in [0.25, 0.3) is 0 Å². The molecule has 0 aromatic carbocycles. The minimum absolute atomic E-state index is 0. The summed E-state index contributed by atoms with van der Waals surface area (Å²) in [6, 6.07) is -0.587. The Kier molecular flexibility index (Phi) is 3.61. The van der Waals surface area contributed by atoms with Gasteiger partial charge in [0.25, 0.3) is 0 Å². The second-order valence-electron chi connectivity index (χ2n) is 1.67. The molecule has 0 spiro atoms. The summed E-state index contributed by atoms with van der Waals surface area (Å²) in [5.41, 5.74) is 4.93. The highest BCUT2D eigenvalue weighted by Crippen LogP contribution is 1.93. The molecule has 4 N–H and O–H groups in total. The average molecular weight is 155 g/mol. The van der Waals surface area contributed by atoms with E-state index in [4.69, 9.17) is 5.73 Å². The number of urea groups is 1. The Labute approximate surface area is 63.8 Å². The summed E-state index contributed by atoms with van der Waals surface area (Å²) in [6.45, 7) is 0. The fourth-order valence-corrected chi connectivity index (χ4v) is 0.524. The van der Waals surface area contributed by atoms with Crippen molar-refractivity contribution in [3.05, 3.63) is 24.4 Å². The predicted molar refractivity (Wildman–Crippen MR) is 41.8 cm³/mol. The van der Waals surface area contributed by atoms with Gasteiger partial charge in [0.2, 0.25) is 0 Å². The van der Waals surface area contributed by atoms with E-state index in [1.54, 1.807) is 18.2 Å². The van der Waals surface area contributed by atoms with Crippen LogP contribution in [0.15, 0.2) is 29.5 Å². The molecule has 0 aromatic heterocycles. The molecule has 0 aliphatic carbocycles. The molecule has 0 unspecified atom stereocenters. The van der Waals surface area contributed by atoms with Crippen LogP contribution in [-0.4, -0.2) is 22.7 Å². The van der Waals surface area contributed by atoms with Crippen LogP contribution in [-0.2, 0) is 0 Å². The maximum absolute atomic E-state index is 10.5. The topological polar surface area (TPSA) is 90.2 Å². The SMILES string of the molecule is NC(=O)N1C=CC=CC=N1.O. The Hall–Kier alpha value is -1.62. The van der Waals surface area contributed by atoms with Crippen molar-refractivity contribution in [1.82, 2.24) is 5.01 Å². The number of hydrazone groups is 1. The van der Waals surface area contributed by atoms with Crippen molar-refractivity contribution in [2.45, 2.75) is 0 Å². The van der Waals surface area contributed by atoms with Gasteiger partial charge in [-0.15, -0.1) is 0 Å². The first-order valence-corrected chi connectivity index (χ1v) is 2.77. The van der Waals surface area contributed by atoms with Crippen LogP contribution >= 0.6 is 0 Å². The number of carbonyl (C=O) groups excluding carboxylic acids is 1. The van der Waals surface area contributed by atoms with Crippen molar-refractivity contribution in [3.8, 4) is 0 Å². The molecule has 5 nitrogen and oxygen atoms in total. The van der Waals surface area contributed by atoms with Crippen LogP contribution in [0.5, 0.6) is 0 Å². The van der Waals surface area contributed by atoms with E-state index in [2.05, 4.69) is 5.10 Å². The van der Waals surface area contributed by atoms with E-state index in [9.17, 15) is 4.79 Å². The van der Waals surface area contributed by atoms with Gasteiger partial charge in [-0.3, -0.25) is 0 Å². The number of carbonyl (C=O) groups is 1. The molecule has 0 saturated carbocycles. The summed E-state index contributed by atoms with van der Waals surface area (Å²) in [4.78, 5) is 10.5. The zero-order valence-electron chi connectivity index (χ0n) is 5.77. The standard InChI is InChI=1S/C6H7N3O.H2O/c7-6(10)9-5-3-1-2-4-8-9;/h1-5H,(H2,7,10);1H2. The van der Waals surface area contributed by atoms with Crippen molar-refractivity contribution < 1.29 is 10.3 Å². The number of rotatable bonds is 0. The van der Waals surface area contributed by atoms with Crippen LogP contribution in [0.4, 0.5) is 4.79 Å². The van der Waals surface area contributed by atoms with Gasteiger partial charge in [-0.25, -0.2) is 4.79 Å². The zero-order chi connectivity index (χ0) is 7.40. The normalized spacial score (nSPS) is 14.0. The van der Waals surface area contributed by atoms with Crippen LogP contribution in [0.3, 0.4) is 0 Å². The Balaban J connectivity index is 0.000001000. The maximum Gasteiger partial charge on any atom is 0.339 e. The third kappa shape index (κ3) is 2.63. The molecule has 0 bridgehead atoms. The van der Waals surface area contributed by atoms with Crippen molar-refractivity contribution >= 4 is 12.2 Å². The highest BCUT2D eigenvalue weighted by molar-refractivity contribution is 5.78. The molecule has 11 heavy (non-hydrogen) atoms. The van der Waals surface area contributed by atoms with Crippen molar-refractivity contribution in [2.24, 2.45) is 10.8 Å². The summed E-state index contributed by atoms with van der Waals surface area (Å²) in [5, 5.41) is 4.74. The molecule has 1 aliphatic heterocycles. The molecule has 0 saturated heterocycles. The molecule has 1 aliphatic rings. The molecule has 1 rings (SSSR count). The number of hydrogen-bond donors (Lipinski definition) is 1. The van der Waals surface area contributed by atoms with Gasteiger partial charge in [0.15, 0.2) is 0 Å². The van der Waals surface area contributed by atoms with Gasteiger partial charge >= 0.3 is 6.03 Å². The zero-order valence-corrected chi connectivity index (χ0v) is 5.77. The monoisotopic (exact) mass is 155 g/mol. The first-order chi connectivity index (χ1) is 4.80. The number of amides is 2. The van der Waals surface area contributed by atoms with Gasteiger partial charge in [0.05, 0.1) is 0 Å². The van der Waals surface area contributed by atoms with Crippen molar-refractivity contribution in [1.29, 1.82) is 0 Å². The van der Waals surface area contributed by atoms with Gasteiger partial charge in [0.1, 0.15) is 0 Å². The van der Waals surface area contributed by atoms with E-state index >= 15 is 0 Å². The summed E-state index contributed by atoms with van der Waals surface area (Å²) in [5.74, 6) is 0. The summed E-state index contributed by atoms with van der Waals surface area (Å²) in [7, 11) is 0. The Bertz CT molecular complexity index is 204. The lowest BCUT2D eigenvalue weighted by molar-refractivity contribution is 0.226. The maximum atomic E-state index is 10.5. The average Bonchev–Trinajstić information content (AvgIpc) is 2.12. The minimum Gasteiger partial charge on any atom is -0.412 e. The number of nitrogens with two attached hydrogens (primary N) is 1. The summed E-state index contributed by atoms with van der Waals surface area (Å²) >= 11 is 0. The number of nitrogens with zero attached hydrogens (tertiary/aromatic N) is 2. The van der Waals surface area contributed by atoms with Gasteiger partial charge < -0.3 is 11.2 Å². The molecule has 2 amide bonds. The smallest absolute Gasteiger partial charge is 0.339 e. The quantitative estimate of drug-likeness (QED) is 0.507. The number of allylic oxidation sites excluding steroid dienone is 3. The molecule has 0 fully saturated rings.